The molecule has 2 rings (SSSR count). The maximum Gasteiger partial charge on any atom is 0.410 e. The van der Waals surface area contributed by atoms with Gasteiger partial charge in [-0.15, -0.1) is 0 Å². The molecule has 2 amide bonds. The van der Waals surface area contributed by atoms with Gasteiger partial charge >= 0.3 is 12.1 Å². The second kappa shape index (κ2) is 9.57. The third-order valence-corrected chi connectivity index (χ3v) is 4.54. The molecule has 8 nitrogen and oxygen atoms in total. The van der Waals surface area contributed by atoms with E-state index in [9.17, 15) is 19.5 Å². The summed E-state index contributed by atoms with van der Waals surface area (Å²) in [6.07, 6.45) is 0.466. The number of rotatable bonds is 7. The number of nitriles is 1. The van der Waals surface area contributed by atoms with Gasteiger partial charge in [-0.05, 0) is 18.4 Å². The summed E-state index contributed by atoms with van der Waals surface area (Å²) in [4.78, 5) is 37.6. The lowest BCUT2D eigenvalue weighted by Crippen LogP contribution is -2.52. The van der Waals surface area contributed by atoms with Crippen molar-refractivity contribution in [3.05, 3.63) is 35.9 Å². The molecule has 8 heteroatoms. The minimum Gasteiger partial charge on any atom is -0.480 e. The highest BCUT2D eigenvalue weighted by atomic mass is 16.6. The molecule has 0 bridgehead atoms. The molecule has 0 spiro atoms. The fraction of sp³-hybridized carbons (Fsp3) is 0.474. The van der Waals surface area contributed by atoms with Crippen LogP contribution in [0.5, 0.6) is 0 Å². The van der Waals surface area contributed by atoms with Gasteiger partial charge in [0.05, 0.1) is 6.07 Å². The Morgan fingerprint density at radius 2 is 2.07 bits per heavy atom. The van der Waals surface area contributed by atoms with Gasteiger partial charge in [0.2, 0.25) is 5.91 Å². The van der Waals surface area contributed by atoms with Crippen molar-refractivity contribution in [2.24, 2.45) is 5.92 Å². The number of carbonyl (C=O) groups excluding carboxylic acids is 2. The van der Waals surface area contributed by atoms with Crippen LogP contribution < -0.4 is 5.32 Å². The number of hydrogen-bond acceptors (Lipinski definition) is 5. The number of hydrogen-bond donors (Lipinski definition) is 2. The van der Waals surface area contributed by atoms with Crippen LogP contribution >= 0.6 is 0 Å². The van der Waals surface area contributed by atoms with E-state index in [2.05, 4.69) is 5.32 Å². The normalized spacial score (nSPS) is 18.2. The Kier molecular flexibility index (Phi) is 7.17. The molecule has 0 radical (unpaired) electrons. The Morgan fingerprint density at radius 3 is 2.70 bits per heavy atom. The number of likely N-dealkylation sites (tertiary alicyclic amines) is 1. The van der Waals surface area contributed by atoms with Crippen molar-refractivity contribution in [3.8, 4) is 6.07 Å². The molecule has 0 saturated carbocycles. The van der Waals surface area contributed by atoms with E-state index < -0.39 is 36.0 Å². The molecular weight excluding hydrogens is 350 g/mol. The molecular formula is C19H23N3O5. The first-order valence-corrected chi connectivity index (χ1v) is 8.81. The van der Waals surface area contributed by atoms with Crippen LogP contribution in [0.4, 0.5) is 4.79 Å². The molecule has 0 unspecified atom stereocenters. The molecule has 2 N–H and O–H groups in total. The van der Waals surface area contributed by atoms with Gasteiger partial charge in [0, 0.05) is 18.9 Å². The molecule has 1 aliphatic rings. The summed E-state index contributed by atoms with van der Waals surface area (Å²) in [5, 5.41) is 20.5. The highest BCUT2D eigenvalue weighted by molar-refractivity contribution is 5.89. The van der Waals surface area contributed by atoms with Crippen molar-refractivity contribution in [1.82, 2.24) is 10.2 Å². The number of aliphatic carboxylic acids is 1. The number of carbonyl (C=O) groups is 3. The number of carboxylic acid groups (broad SMARTS) is 1. The lowest BCUT2D eigenvalue weighted by Gasteiger charge is -2.26. The van der Waals surface area contributed by atoms with Crippen LogP contribution in [-0.4, -0.2) is 46.6 Å². The number of amides is 2. The van der Waals surface area contributed by atoms with E-state index in [0.29, 0.717) is 19.4 Å². The van der Waals surface area contributed by atoms with E-state index >= 15 is 0 Å². The smallest absolute Gasteiger partial charge is 0.410 e. The topological polar surface area (TPSA) is 120 Å². The minimum atomic E-state index is -1.21. The second-order valence-electron chi connectivity index (χ2n) is 6.56. The zero-order chi connectivity index (χ0) is 19.8. The third-order valence-electron chi connectivity index (χ3n) is 4.54. The third kappa shape index (κ3) is 5.45. The first-order chi connectivity index (χ1) is 12.9. The molecule has 27 heavy (non-hydrogen) atoms. The second-order valence-corrected chi connectivity index (χ2v) is 6.56. The van der Waals surface area contributed by atoms with Crippen LogP contribution in [0.3, 0.4) is 0 Å². The van der Waals surface area contributed by atoms with Crippen molar-refractivity contribution < 1.29 is 24.2 Å². The number of nitrogens with one attached hydrogen (secondary N) is 1. The predicted octanol–water partition coefficient (Wildman–Crippen LogP) is 1.91. The number of benzene rings is 1. The van der Waals surface area contributed by atoms with Gasteiger partial charge in [-0.1, -0.05) is 37.3 Å². The number of nitrogens with zero attached hydrogens (tertiary/aromatic N) is 2. The van der Waals surface area contributed by atoms with E-state index in [-0.39, 0.29) is 13.0 Å². The molecule has 1 saturated heterocycles. The molecule has 3 atom stereocenters. The summed E-state index contributed by atoms with van der Waals surface area (Å²) >= 11 is 0. The maximum absolute atomic E-state index is 12.6. The Bertz CT molecular complexity index is 716. The average molecular weight is 373 g/mol. The van der Waals surface area contributed by atoms with Crippen LogP contribution in [0.1, 0.15) is 31.7 Å². The van der Waals surface area contributed by atoms with Gasteiger partial charge in [-0.25, -0.2) is 9.59 Å². The quantitative estimate of drug-likeness (QED) is 0.753. The van der Waals surface area contributed by atoms with Crippen LogP contribution in [0.25, 0.3) is 0 Å². The first-order valence-electron chi connectivity index (χ1n) is 8.81. The fourth-order valence-electron chi connectivity index (χ4n) is 3.02. The number of ether oxygens (including phenoxy) is 1. The van der Waals surface area contributed by atoms with Crippen molar-refractivity contribution >= 4 is 18.0 Å². The van der Waals surface area contributed by atoms with Gasteiger partial charge in [0.1, 0.15) is 18.7 Å². The zero-order valence-electron chi connectivity index (χ0n) is 15.1. The standard InChI is InChI=1S/C19H23N3O5/c1-13(9-10-20)16(18(24)25)21-17(23)15-8-5-11-22(15)19(26)27-12-14-6-3-2-4-7-14/h2-4,6-7,13,15-16H,5,8-9,11-12H2,1H3,(H,21,23)(H,24,25)/t13-,15+,16+/m0/s1. The molecule has 1 aromatic rings. The average Bonchev–Trinajstić information content (AvgIpc) is 3.14. The SMILES string of the molecule is C[C@@H](CC#N)[C@@H](NC(=O)[C@H]1CCCN1C(=O)OCc1ccccc1)C(=O)O. The summed E-state index contributed by atoms with van der Waals surface area (Å²) in [5.74, 6) is -2.29. The van der Waals surface area contributed by atoms with Gasteiger partial charge in [-0.3, -0.25) is 9.69 Å². The fourth-order valence-corrected chi connectivity index (χ4v) is 3.02. The maximum atomic E-state index is 12.6. The highest BCUT2D eigenvalue weighted by Gasteiger charge is 2.37. The van der Waals surface area contributed by atoms with E-state index in [1.807, 2.05) is 36.4 Å². The lowest BCUT2D eigenvalue weighted by molar-refractivity contribution is -0.143. The van der Waals surface area contributed by atoms with Crippen LogP contribution in [-0.2, 0) is 20.9 Å². The van der Waals surface area contributed by atoms with Crippen LogP contribution in [0, 0.1) is 17.2 Å². The van der Waals surface area contributed by atoms with E-state index in [4.69, 9.17) is 10.00 Å². The largest absolute Gasteiger partial charge is 0.480 e. The molecule has 1 heterocycles. The number of carboxylic acids is 1. The molecule has 1 aliphatic heterocycles. The van der Waals surface area contributed by atoms with E-state index in [1.54, 1.807) is 6.92 Å². The van der Waals surface area contributed by atoms with Gasteiger partial charge in [-0.2, -0.15) is 5.26 Å². The monoisotopic (exact) mass is 373 g/mol. The molecule has 0 aromatic heterocycles. The van der Waals surface area contributed by atoms with Gasteiger partial charge in [0.15, 0.2) is 0 Å². The minimum absolute atomic E-state index is 0.00471. The summed E-state index contributed by atoms with van der Waals surface area (Å²) in [5.41, 5.74) is 0.835. The zero-order valence-corrected chi connectivity index (χ0v) is 15.1. The van der Waals surface area contributed by atoms with Crippen molar-refractivity contribution in [2.75, 3.05) is 6.54 Å². The molecule has 0 aliphatic carbocycles. The van der Waals surface area contributed by atoms with Crippen molar-refractivity contribution in [2.45, 2.75) is 44.9 Å². The van der Waals surface area contributed by atoms with Gasteiger partial charge < -0.3 is 15.2 Å². The van der Waals surface area contributed by atoms with Gasteiger partial charge in [0.25, 0.3) is 0 Å². The summed E-state index contributed by atoms with van der Waals surface area (Å²) < 4.78 is 5.28. The first kappa shape index (κ1) is 20.2. The summed E-state index contributed by atoms with van der Waals surface area (Å²) in [7, 11) is 0. The van der Waals surface area contributed by atoms with Crippen molar-refractivity contribution in [3.63, 3.8) is 0 Å². The Labute approximate surface area is 157 Å². The van der Waals surface area contributed by atoms with Crippen LogP contribution in [0.2, 0.25) is 0 Å². The van der Waals surface area contributed by atoms with E-state index in [0.717, 1.165) is 5.56 Å². The predicted molar refractivity (Wildman–Crippen MR) is 95.3 cm³/mol. The Balaban J connectivity index is 1.97. The summed E-state index contributed by atoms with van der Waals surface area (Å²) in [6, 6.07) is 9.14. The summed E-state index contributed by atoms with van der Waals surface area (Å²) in [6.45, 7) is 2.06. The van der Waals surface area contributed by atoms with Crippen LogP contribution in [0.15, 0.2) is 30.3 Å². The Hall–Kier alpha value is -3.08. The molecule has 144 valence electrons. The van der Waals surface area contributed by atoms with E-state index in [1.165, 1.54) is 4.90 Å². The lowest BCUT2D eigenvalue weighted by atomic mass is 9.98. The molecule has 1 aromatic carbocycles. The Morgan fingerprint density at radius 1 is 1.37 bits per heavy atom. The molecule has 1 fully saturated rings. The van der Waals surface area contributed by atoms with Crippen molar-refractivity contribution in [1.29, 1.82) is 5.26 Å². The highest BCUT2D eigenvalue weighted by Crippen LogP contribution is 2.20.